The van der Waals surface area contributed by atoms with Crippen molar-refractivity contribution in [2.75, 3.05) is 29.1 Å². The first kappa shape index (κ1) is 20.4. The number of esters is 1. The number of nitrogens with two attached hydrogens (primary N) is 1. The lowest BCUT2D eigenvalue weighted by Crippen LogP contribution is -2.35. The van der Waals surface area contributed by atoms with Crippen molar-refractivity contribution in [3.05, 3.63) is 36.2 Å². The fourth-order valence-electron chi connectivity index (χ4n) is 5.50. The van der Waals surface area contributed by atoms with Gasteiger partial charge in [0.25, 0.3) is 0 Å². The van der Waals surface area contributed by atoms with E-state index in [0.717, 1.165) is 24.5 Å². The zero-order valence-corrected chi connectivity index (χ0v) is 18.2. The largest absolute Gasteiger partial charge is 0.462 e. The summed E-state index contributed by atoms with van der Waals surface area (Å²) in [5, 5.41) is 3.25. The van der Waals surface area contributed by atoms with Crippen LogP contribution in [-0.4, -0.2) is 35.1 Å². The van der Waals surface area contributed by atoms with Gasteiger partial charge in [0.05, 0.1) is 12.2 Å². The van der Waals surface area contributed by atoms with Gasteiger partial charge in [-0.15, -0.1) is 0 Å². The predicted octanol–water partition coefficient (Wildman–Crippen LogP) is 4.38. The van der Waals surface area contributed by atoms with E-state index in [4.69, 9.17) is 10.5 Å². The van der Waals surface area contributed by atoms with Gasteiger partial charge < -0.3 is 20.7 Å². The van der Waals surface area contributed by atoms with Crippen molar-refractivity contribution >= 4 is 29.0 Å². The maximum Gasteiger partial charge on any atom is 0.338 e. The number of hydrogen-bond donors (Lipinski definition) is 2. The van der Waals surface area contributed by atoms with E-state index in [1.54, 1.807) is 31.5 Å². The molecule has 1 aromatic carbocycles. The number of rotatable bonds is 5. The molecule has 2 aliphatic rings. The number of nitrogen functional groups attached to an aromatic ring is 1. The summed E-state index contributed by atoms with van der Waals surface area (Å²) in [7, 11) is 0. The molecule has 7 nitrogen and oxygen atoms in total. The number of aromatic nitrogens is 2. The third kappa shape index (κ3) is 3.93. The summed E-state index contributed by atoms with van der Waals surface area (Å²) in [4.78, 5) is 23.3. The van der Waals surface area contributed by atoms with E-state index in [1.807, 2.05) is 6.07 Å². The Balaban J connectivity index is 1.59. The minimum absolute atomic E-state index is 0.283. The van der Waals surface area contributed by atoms with Crippen LogP contribution in [0.4, 0.5) is 23.0 Å². The lowest BCUT2D eigenvalue weighted by molar-refractivity contribution is 0.0526. The van der Waals surface area contributed by atoms with Crippen LogP contribution in [0.2, 0.25) is 0 Å². The molecule has 2 aromatic rings. The molecule has 0 amide bonds. The van der Waals surface area contributed by atoms with Gasteiger partial charge >= 0.3 is 5.97 Å². The van der Waals surface area contributed by atoms with Crippen molar-refractivity contribution in [2.24, 2.45) is 10.8 Å². The quantitative estimate of drug-likeness (QED) is 0.708. The van der Waals surface area contributed by atoms with Crippen LogP contribution in [0.25, 0.3) is 0 Å². The van der Waals surface area contributed by atoms with Crippen LogP contribution >= 0.6 is 0 Å². The van der Waals surface area contributed by atoms with E-state index in [-0.39, 0.29) is 11.4 Å². The van der Waals surface area contributed by atoms with Gasteiger partial charge in [0, 0.05) is 18.3 Å². The second kappa shape index (κ2) is 7.45. The smallest absolute Gasteiger partial charge is 0.338 e. The average molecular weight is 410 g/mol. The third-order valence-electron chi connectivity index (χ3n) is 6.19. The number of nitrogens with one attached hydrogen (secondary N) is 1. The van der Waals surface area contributed by atoms with Gasteiger partial charge in [-0.05, 0) is 55.2 Å². The molecule has 2 fully saturated rings. The highest BCUT2D eigenvalue weighted by Crippen LogP contribution is 2.54. The highest BCUT2D eigenvalue weighted by atomic mass is 16.5. The first-order valence-corrected chi connectivity index (χ1v) is 10.6. The van der Waals surface area contributed by atoms with Crippen LogP contribution in [0.1, 0.15) is 57.3 Å². The maximum atomic E-state index is 12.0. The number of fused-ring (bicyclic) bond motifs is 2. The molecule has 1 saturated carbocycles. The van der Waals surface area contributed by atoms with Crippen molar-refractivity contribution in [3.8, 4) is 0 Å². The standard InChI is InChI=1S/C23H31N5O2/c1-5-30-21(29)15-7-6-8-16(9-15)27-19-18(24)20(26-14-25-19)28-13-23(4)11-17(28)10-22(2,3)12-23/h6-9,14,17H,5,10-13,24H2,1-4H3,(H,25,26,27). The highest BCUT2D eigenvalue weighted by Gasteiger charge is 2.50. The Kier molecular flexibility index (Phi) is 5.08. The van der Waals surface area contributed by atoms with E-state index in [1.165, 1.54) is 12.8 Å². The van der Waals surface area contributed by atoms with Gasteiger partial charge in [-0.3, -0.25) is 0 Å². The zero-order chi connectivity index (χ0) is 21.5. The molecule has 2 unspecified atom stereocenters. The monoisotopic (exact) mass is 409 g/mol. The highest BCUT2D eigenvalue weighted by molar-refractivity contribution is 5.91. The summed E-state index contributed by atoms with van der Waals surface area (Å²) >= 11 is 0. The number of hydrogen-bond acceptors (Lipinski definition) is 7. The van der Waals surface area contributed by atoms with Crippen LogP contribution in [0.5, 0.6) is 0 Å². The molecule has 4 rings (SSSR count). The van der Waals surface area contributed by atoms with Gasteiger partial charge in [0.1, 0.15) is 12.0 Å². The Hall–Kier alpha value is -2.83. The molecule has 1 aliphatic heterocycles. The molecular weight excluding hydrogens is 378 g/mol. The molecule has 2 atom stereocenters. The van der Waals surface area contributed by atoms with E-state index in [2.05, 4.69) is 41.0 Å². The summed E-state index contributed by atoms with van der Waals surface area (Å²) in [6, 6.07) is 7.59. The lowest BCUT2D eigenvalue weighted by atomic mass is 9.65. The summed E-state index contributed by atoms with van der Waals surface area (Å²) in [5.41, 5.74) is 8.88. The van der Waals surface area contributed by atoms with Gasteiger partial charge in [-0.2, -0.15) is 0 Å². The molecule has 1 saturated heterocycles. The second-order valence-corrected chi connectivity index (χ2v) is 9.73. The lowest BCUT2D eigenvalue weighted by Gasteiger charge is -2.39. The molecule has 7 heteroatoms. The van der Waals surface area contributed by atoms with Crippen LogP contribution in [-0.2, 0) is 4.74 Å². The summed E-state index contributed by atoms with van der Waals surface area (Å²) in [6.07, 6.45) is 5.07. The van der Waals surface area contributed by atoms with Crippen LogP contribution in [0.15, 0.2) is 30.6 Å². The second-order valence-electron chi connectivity index (χ2n) is 9.73. The van der Waals surface area contributed by atoms with Crippen LogP contribution in [0, 0.1) is 10.8 Å². The molecule has 30 heavy (non-hydrogen) atoms. The first-order valence-electron chi connectivity index (χ1n) is 10.6. The number of nitrogens with zero attached hydrogens (tertiary/aromatic N) is 3. The van der Waals surface area contributed by atoms with Crippen molar-refractivity contribution in [1.82, 2.24) is 9.97 Å². The number of ether oxygens (including phenoxy) is 1. The molecule has 3 N–H and O–H groups in total. The first-order chi connectivity index (χ1) is 14.2. The summed E-state index contributed by atoms with van der Waals surface area (Å²) in [6.45, 7) is 10.2. The molecule has 160 valence electrons. The Morgan fingerprint density at radius 3 is 2.87 bits per heavy atom. The predicted molar refractivity (Wildman–Crippen MR) is 119 cm³/mol. The molecule has 1 aromatic heterocycles. The number of carbonyl (C=O) groups excluding carboxylic acids is 1. The number of carbonyl (C=O) groups is 1. The van der Waals surface area contributed by atoms with Gasteiger partial charge in [0.15, 0.2) is 11.6 Å². The maximum absolute atomic E-state index is 12.0. The number of benzene rings is 1. The van der Waals surface area contributed by atoms with Crippen molar-refractivity contribution in [2.45, 2.75) is 53.0 Å². The van der Waals surface area contributed by atoms with Crippen molar-refractivity contribution in [3.63, 3.8) is 0 Å². The Morgan fingerprint density at radius 2 is 2.10 bits per heavy atom. The van der Waals surface area contributed by atoms with Crippen molar-refractivity contribution < 1.29 is 9.53 Å². The van der Waals surface area contributed by atoms with Gasteiger partial charge in [-0.1, -0.05) is 26.8 Å². The fourth-order valence-corrected chi connectivity index (χ4v) is 5.50. The molecule has 0 spiro atoms. The minimum atomic E-state index is -0.349. The molecule has 0 radical (unpaired) electrons. The van der Waals surface area contributed by atoms with E-state index < -0.39 is 0 Å². The van der Waals surface area contributed by atoms with E-state index in [0.29, 0.717) is 35.1 Å². The van der Waals surface area contributed by atoms with Gasteiger partial charge in [-0.25, -0.2) is 14.8 Å². The molecule has 1 aliphatic carbocycles. The number of anilines is 4. The topological polar surface area (TPSA) is 93.4 Å². The Labute approximate surface area is 178 Å². The zero-order valence-electron chi connectivity index (χ0n) is 18.2. The minimum Gasteiger partial charge on any atom is -0.462 e. The summed E-state index contributed by atoms with van der Waals surface area (Å²) < 4.78 is 5.09. The Bertz CT molecular complexity index is 960. The SMILES string of the molecule is CCOC(=O)c1cccc(Nc2ncnc(N3CC4(C)CC3CC(C)(C)C4)c2N)c1. The van der Waals surface area contributed by atoms with E-state index >= 15 is 0 Å². The summed E-state index contributed by atoms with van der Waals surface area (Å²) in [5.74, 6) is 0.991. The van der Waals surface area contributed by atoms with Crippen molar-refractivity contribution in [1.29, 1.82) is 0 Å². The van der Waals surface area contributed by atoms with Crippen LogP contribution in [0.3, 0.4) is 0 Å². The normalized spacial score (nSPS) is 24.5. The molecule has 2 heterocycles. The van der Waals surface area contributed by atoms with E-state index in [9.17, 15) is 4.79 Å². The molecular formula is C23H31N5O2. The molecule has 2 bridgehead atoms. The van der Waals surface area contributed by atoms with Crippen LogP contribution < -0.4 is 16.0 Å². The van der Waals surface area contributed by atoms with Gasteiger partial charge in [0.2, 0.25) is 0 Å². The average Bonchev–Trinajstić information content (AvgIpc) is 2.92. The fraction of sp³-hybridized carbons (Fsp3) is 0.522. The Morgan fingerprint density at radius 1 is 1.30 bits per heavy atom. The third-order valence-corrected chi connectivity index (χ3v) is 6.19.